The minimum Gasteiger partial charge on any atom is -0.384 e. The Balaban J connectivity index is 1.65. The van der Waals surface area contributed by atoms with Crippen LogP contribution >= 0.6 is 0 Å². The number of carbonyl (C=O) groups excluding carboxylic acids is 1. The van der Waals surface area contributed by atoms with Crippen molar-refractivity contribution >= 4 is 5.91 Å². The van der Waals surface area contributed by atoms with Crippen molar-refractivity contribution in [2.24, 2.45) is 11.3 Å². The number of likely N-dealkylation sites (tertiary alicyclic amines) is 1. The molecule has 0 radical (unpaired) electrons. The van der Waals surface area contributed by atoms with E-state index in [1.165, 1.54) is 0 Å². The highest BCUT2D eigenvalue weighted by Gasteiger charge is 2.44. The summed E-state index contributed by atoms with van der Waals surface area (Å²) in [4.78, 5) is 22.4. The molecule has 1 atom stereocenters. The number of piperidine rings is 1. The molecule has 22 heavy (non-hydrogen) atoms. The summed E-state index contributed by atoms with van der Waals surface area (Å²) in [5.41, 5.74) is 0.253. The normalized spacial score (nSPS) is 24.4. The van der Waals surface area contributed by atoms with E-state index in [0.29, 0.717) is 11.7 Å². The van der Waals surface area contributed by atoms with Crippen molar-refractivity contribution in [3.63, 3.8) is 0 Å². The van der Waals surface area contributed by atoms with Crippen molar-refractivity contribution in [3.05, 3.63) is 24.3 Å². The molecule has 2 aliphatic heterocycles. The molecule has 0 unspecified atom stereocenters. The van der Waals surface area contributed by atoms with Gasteiger partial charge in [0.1, 0.15) is 0 Å². The lowest BCUT2D eigenvalue weighted by Crippen LogP contribution is -2.50. The Labute approximate surface area is 130 Å². The molecule has 1 amide bonds. The lowest BCUT2D eigenvalue weighted by Gasteiger charge is -2.48. The maximum atomic E-state index is 12.4. The number of hydrogen-bond donors (Lipinski definition) is 0. The van der Waals surface area contributed by atoms with E-state index >= 15 is 0 Å². The van der Waals surface area contributed by atoms with Gasteiger partial charge >= 0.3 is 0 Å². The number of ether oxygens (including phenoxy) is 2. The average Bonchev–Trinajstić information content (AvgIpc) is 2.58. The van der Waals surface area contributed by atoms with Crippen LogP contribution in [0.15, 0.2) is 18.5 Å². The first-order valence-corrected chi connectivity index (χ1v) is 7.88. The smallest absolute Gasteiger partial charge is 0.291 e. The quantitative estimate of drug-likeness (QED) is 0.844. The van der Waals surface area contributed by atoms with Crippen molar-refractivity contribution < 1.29 is 14.3 Å². The van der Waals surface area contributed by atoms with E-state index in [1.807, 2.05) is 4.90 Å². The maximum Gasteiger partial charge on any atom is 0.291 e. The van der Waals surface area contributed by atoms with Gasteiger partial charge in [-0.3, -0.25) is 4.79 Å². The molecule has 0 N–H and O–H groups in total. The van der Waals surface area contributed by atoms with E-state index in [0.717, 1.165) is 52.2 Å². The number of amides is 1. The Morgan fingerprint density at radius 3 is 2.77 bits per heavy atom. The highest BCUT2D eigenvalue weighted by atomic mass is 16.5. The molecule has 3 rings (SSSR count). The minimum absolute atomic E-state index is 0.0641. The summed E-state index contributed by atoms with van der Waals surface area (Å²) < 4.78 is 11.0. The largest absolute Gasteiger partial charge is 0.384 e. The molecular formula is C16H23N3O3. The van der Waals surface area contributed by atoms with Gasteiger partial charge in [0.15, 0.2) is 0 Å². The number of rotatable bonds is 3. The van der Waals surface area contributed by atoms with Crippen LogP contribution in [-0.2, 0) is 9.47 Å². The molecule has 0 saturated carbocycles. The monoisotopic (exact) mass is 305 g/mol. The predicted octanol–water partition coefficient (Wildman–Crippen LogP) is 1.38. The van der Waals surface area contributed by atoms with Crippen LogP contribution in [0.2, 0.25) is 0 Å². The zero-order valence-corrected chi connectivity index (χ0v) is 13.0. The van der Waals surface area contributed by atoms with E-state index in [-0.39, 0.29) is 11.3 Å². The van der Waals surface area contributed by atoms with Crippen LogP contribution in [0, 0.1) is 11.3 Å². The van der Waals surface area contributed by atoms with Gasteiger partial charge in [0, 0.05) is 45.1 Å². The fraction of sp³-hybridized carbons (Fsp3) is 0.688. The predicted molar refractivity (Wildman–Crippen MR) is 80.4 cm³/mol. The van der Waals surface area contributed by atoms with E-state index in [9.17, 15) is 4.79 Å². The maximum absolute atomic E-state index is 12.4. The first-order valence-electron chi connectivity index (χ1n) is 7.88. The summed E-state index contributed by atoms with van der Waals surface area (Å²) in [6, 6.07) is 1.72. The lowest BCUT2D eigenvalue weighted by atomic mass is 9.66. The zero-order chi connectivity index (χ0) is 15.4. The van der Waals surface area contributed by atoms with Crippen LogP contribution in [0.3, 0.4) is 0 Å². The molecule has 1 aromatic heterocycles. The van der Waals surface area contributed by atoms with Crippen molar-refractivity contribution in [2.75, 3.05) is 40.0 Å². The van der Waals surface area contributed by atoms with Gasteiger partial charge in [-0.05, 0) is 30.7 Å². The summed E-state index contributed by atoms with van der Waals surface area (Å²) in [6.07, 6.45) is 6.29. The summed E-state index contributed by atoms with van der Waals surface area (Å²) in [7, 11) is 1.74. The molecule has 1 spiro atoms. The van der Waals surface area contributed by atoms with Crippen LogP contribution in [-0.4, -0.2) is 60.8 Å². The fourth-order valence-electron chi connectivity index (χ4n) is 3.67. The molecule has 6 nitrogen and oxygen atoms in total. The van der Waals surface area contributed by atoms with E-state index in [2.05, 4.69) is 9.97 Å². The highest BCUT2D eigenvalue weighted by molar-refractivity contribution is 5.90. The van der Waals surface area contributed by atoms with Crippen LogP contribution in [0.4, 0.5) is 0 Å². The van der Waals surface area contributed by atoms with Gasteiger partial charge in [0.25, 0.3) is 5.91 Å². The van der Waals surface area contributed by atoms with Crippen molar-refractivity contribution in [3.8, 4) is 0 Å². The third-order valence-corrected chi connectivity index (χ3v) is 5.10. The molecule has 2 fully saturated rings. The third-order valence-electron chi connectivity index (χ3n) is 5.10. The zero-order valence-electron chi connectivity index (χ0n) is 13.0. The second-order valence-electron chi connectivity index (χ2n) is 6.20. The summed E-state index contributed by atoms with van der Waals surface area (Å²) in [6.45, 7) is 3.84. The number of aromatic nitrogens is 2. The van der Waals surface area contributed by atoms with E-state index < -0.39 is 0 Å². The highest BCUT2D eigenvalue weighted by Crippen LogP contribution is 2.44. The molecule has 2 saturated heterocycles. The van der Waals surface area contributed by atoms with Gasteiger partial charge in [-0.25, -0.2) is 9.97 Å². The van der Waals surface area contributed by atoms with Crippen LogP contribution in [0.1, 0.15) is 29.9 Å². The van der Waals surface area contributed by atoms with Crippen LogP contribution in [0.5, 0.6) is 0 Å². The molecule has 6 heteroatoms. The lowest BCUT2D eigenvalue weighted by molar-refractivity contribution is -0.0912. The first-order chi connectivity index (χ1) is 10.7. The Morgan fingerprint density at radius 2 is 2.09 bits per heavy atom. The molecular weight excluding hydrogens is 282 g/mol. The SMILES string of the molecule is COC[C@@H]1COCCC12CCN(C(=O)c1ncccn1)CC2. The topological polar surface area (TPSA) is 64.6 Å². The van der Waals surface area contributed by atoms with Gasteiger partial charge in [-0.15, -0.1) is 0 Å². The van der Waals surface area contributed by atoms with Gasteiger partial charge in [0.05, 0.1) is 13.2 Å². The average molecular weight is 305 g/mol. The fourth-order valence-corrected chi connectivity index (χ4v) is 3.67. The Hall–Kier alpha value is -1.53. The van der Waals surface area contributed by atoms with Crippen LogP contribution < -0.4 is 0 Å². The Bertz CT molecular complexity index is 499. The van der Waals surface area contributed by atoms with Gasteiger partial charge in [-0.1, -0.05) is 0 Å². The number of hydrogen-bond acceptors (Lipinski definition) is 5. The molecule has 3 heterocycles. The van der Waals surface area contributed by atoms with E-state index in [4.69, 9.17) is 9.47 Å². The molecule has 0 aromatic carbocycles. The molecule has 120 valence electrons. The minimum atomic E-state index is -0.0641. The number of methoxy groups -OCH3 is 1. The second-order valence-corrected chi connectivity index (χ2v) is 6.20. The number of carbonyl (C=O) groups is 1. The molecule has 0 aliphatic carbocycles. The van der Waals surface area contributed by atoms with E-state index in [1.54, 1.807) is 25.6 Å². The van der Waals surface area contributed by atoms with Crippen LogP contribution in [0.25, 0.3) is 0 Å². The molecule has 2 aliphatic rings. The van der Waals surface area contributed by atoms with Crippen molar-refractivity contribution in [1.82, 2.24) is 14.9 Å². The van der Waals surface area contributed by atoms with Crippen molar-refractivity contribution in [1.29, 1.82) is 0 Å². The Morgan fingerprint density at radius 1 is 1.36 bits per heavy atom. The van der Waals surface area contributed by atoms with Gasteiger partial charge in [-0.2, -0.15) is 0 Å². The van der Waals surface area contributed by atoms with Gasteiger partial charge < -0.3 is 14.4 Å². The Kier molecular flexibility index (Phi) is 4.69. The standard InChI is InChI=1S/C16H23N3O3/c1-21-11-13-12-22-10-5-16(13)3-8-19(9-4-16)15(20)14-17-6-2-7-18-14/h2,6-7,13H,3-5,8-12H2,1H3/t13-/m1/s1. The first kappa shape index (κ1) is 15.4. The molecule has 1 aromatic rings. The molecule has 0 bridgehead atoms. The third kappa shape index (κ3) is 2.98. The summed E-state index contributed by atoms with van der Waals surface area (Å²) in [5.74, 6) is 0.654. The van der Waals surface area contributed by atoms with Crippen molar-refractivity contribution in [2.45, 2.75) is 19.3 Å². The number of nitrogens with zero attached hydrogens (tertiary/aromatic N) is 3. The summed E-state index contributed by atoms with van der Waals surface area (Å²) >= 11 is 0. The van der Waals surface area contributed by atoms with Gasteiger partial charge in [0.2, 0.25) is 5.82 Å². The second kappa shape index (κ2) is 6.71. The summed E-state index contributed by atoms with van der Waals surface area (Å²) in [5, 5.41) is 0.